The molecule has 3 nitrogen and oxygen atoms in total. The van der Waals surface area contributed by atoms with Gasteiger partial charge in [-0.2, -0.15) is 0 Å². The van der Waals surface area contributed by atoms with E-state index in [2.05, 4.69) is 144 Å². The molecule has 0 bridgehead atoms. The Kier molecular flexibility index (Phi) is 5.11. The van der Waals surface area contributed by atoms with Crippen LogP contribution in [0, 0.1) is 0 Å². The zero-order chi connectivity index (χ0) is 31.3. The molecule has 0 N–H and O–H groups in total. The Balaban J connectivity index is 1.17. The van der Waals surface area contributed by atoms with E-state index in [-0.39, 0.29) is 0 Å². The van der Waals surface area contributed by atoms with E-state index >= 15 is 0 Å². The molecule has 10 aromatic rings. The Bertz CT molecular complexity index is 2950. The highest BCUT2D eigenvalue weighted by Crippen LogP contribution is 2.50. The Hall–Kier alpha value is -6.45. The second kappa shape index (κ2) is 9.54. The minimum atomic E-state index is 0.909. The van der Waals surface area contributed by atoms with Crippen molar-refractivity contribution in [2.75, 3.05) is 0 Å². The Morgan fingerprint density at radius 3 is 1.96 bits per heavy atom. The van der Waals surface area contributed by atoms with E-state index in [1.807, 2.05) is 18.3 Å². The first-order valence-electron chi connectivity index (χ1n) is 16.4. The fourth-order valence-corrected chi connectivity index (χ4v) is 8.03. The lowest BCUT2D eigenvalue weighted by Gasteiger charge is -2.11. The zero-order valence-electron chi connectivity index (χ0n) is 25.8. The van der Waals surface area contributed by atoms with Crippen molar-refractivity contribution in [1.82, 2.24) is 9.55 Å². The van der Waals surface area contributed by atoms with Crippen LogP contribution in [0.1, 0.15) is 0 Å². The molecule has 1 aliphatic rings. The van der Waals surface area contributed by atoms with Crippen LogP contribution in [0.3, 0.4) is 0 Å². The zero-order valence-corrected chi connectivity index (χ0v) is 25.8. The van der Waals surface area contributed by atoms with E-state index in [0.29, 0.717) is 0 Å². The van der Waals surface area contributed by atoms with Crippen molar-refractivity contribution < 1.29 is 4.42 Å². The number of benzene rings is 7. The molecular weight excluding hydrogens is 585 g/mol. The van der Waals surface area contributed by atoms with Crippen molar-refractivity contribution in [3.8, 4) is 50.3 Å². The van der Waals surface area contributed by atoms with Gasteiger partial charge in [0.05, 0.1) is 16.7 Å². The van der Waals surface area contributed by atoms with Crippen molar-refractivity contribution >= 4 is 54.5 Å². The molecule has 48 heavy (non-hydrogen) atoms. The normalized spacial score (nSPS) is 12.2. The standard InChI is InChI=1S/C45H26N2O/c1-2-10-31(11-3-1)47-39-20-17-27(28-19-22-42-38(24-28)33-13-6-7-16-41(33)48-42)23-36(39)37-25-29(18-21-40(37)47)45-44-35-14-5-4-12-32(35)34-15-8-9-30(26-46-45)43(34)44/h1-26H. The lowest BCUT2D eigenvalue weighted by molar-refractivity contribution is 0.669. The predicted molar refractivity (Wildman–Crippen MR) is 199 cm³/mol. The number of rotatable bonds is 3. The van der Waals surface area contributed by atoms with Crippen LogP contribution < -0.4 is 0 Å². The summed E-state index contributed by atoms with van der Waals surface area (Å²) in [7, 11) is 0. The Morgan fingerprint density at radius 1 is 0.458 bits per heavy atom. The van der Waals surface area contributed by atoms with Crippen LogP contribution in [-0.4, -0.2) is 9.55 Å². The van der Waals surface area contributed by atoms with Gasteiger partial charge in [-0.25, -0.2) is 0 Å². The smallest absolute Gasteiger partial charge is 0.135 e. The van der Waals surface area contributed by atoms with Crippen molar-refractivity contribution in [1.29, 1.82) is 0 Å². The molecule has 222 valence electrons. The molecule has 0 amide bonds. The maximum absolute atomic E-state index is 6.14. The minimum absolute atomic E-state index is 0.909. The van der Waals surface area contributed by atoms with Gasteiger partial charge in [-0.05, 0) is 82.4 Å². The van der Waals surface area contributed by atoms with E-state index in [4.69, 9.17) is 9.40 Å². The van der Waals surface area contributed by atoms with Crippen molar-refractivity contribution in [3.63, 3.8) is 0 Å². The van der Waals surface area contributed by atoms with Gasteiger partial charge in [0.25, 0.3) is 0 Å². The first-order valence-corrected chi connectivity index (χ1v) is 16.4. The molecule has 3 heteroatoms. The molecular formula is C45H26N2O. The minimum Gasteiger partial charge on any atom is -0.456 e. The lowest BCUT2D eigenvalue weighted by Crippen LogP contribution is -1.93. The average Bonchev–Trinajstić information content (AvgIpc) is 3.80. The molecule has 0 aliphatic heterocycles. The molecule has 0 fully saturated rings. The molecule has 1 aliphatic carbocycles. The number of aromatic nitrogens is 2. The summed E-state index contributed by atoms with van der Waals surface area (Å²) in [6.45, 7) is 0. The number of para-hydroxylation sites is 2. The summed E-state index contributed by atoms with van der Waals surface area (Å²) in [5, 5.41) is 7.16. The third kappa shape index (κ3) is 3.50. The quantitative estimate of drug-likeness (QED) is 0.199. The number of pyridine rings is 1. The maximum atomic E-state index is 6.14. The van der Waals surface area contributed by atoms with Gasteiger partial charge in [-0.3, -0.25) is 4.98 Å². The molecule has 3 heterocycles. The summed E-state index contributed by atoms with van der Waals surface area (Å²) in [6, 6.07) is 54.5. The summed E-state index contributed by atoms with van der Waals surface area (Å²) in [6.07, 6.45) is 2.04. The average molecular weight is 611 g/mol. The third-order valence-electron chi connectivity index (χ3n) is 10.2. The molecule has 3 aromatic heterocycles. The van der Waals surface area contributed by atoms with Gasteiger partial charge in [0, 0.05) is 55.3 Å². The lowest BCUT2D eigenvalue weighted by atomic mass is 9.96. The van der Waals surface area contributed by atoms with Gasteiger partial charge >= 0.3 is 0 Å². The van der Waals surface area contributed by atoms with E-state index in [9.17, 15) is 0 Å². The number of hydrogen-bond donors (Lipinski definition) is 0. The van der Waals surface area contributed by atoms with Gasteiger partial charge in [0.1, 0.15) is 11.2 Å². The molecule has 7 aromatic carbocycles. The highest BCUT2D eigenvalue weighted by atomic mass is 16.3. The molecule has 11 rings (SSSR count). The van der Waals surface area contributed by atoms with Crippen LogP contribution in [0.2, 0.25) is 0 Å². The van der Waals surface area contributed by atoms with Gasteiger partial charge in [0.15, 0.2) is 0 Å². The first-order chi connectivity index (χ1) is 23.8. The topological polar surface area (TPSA) is 31.0 Å². The first kappa shape index (κ1) is 25.7. The summed E-state index contributed by atoms with van der Waals surface area (Å²) < 4.78 is 8.52. The number of hydrogen-bond acceptors (Lipinski definition) is 2. The van der Waals surface area contributed by atoms with E-state index < -0.39 is 0 Å². The molecule has 0 saturated carbocycles. The predicted octanol–water partition coefficient (Wildman–Crippen LogP) is 12.2. The monoisotopic (exact) mass is 610 g/mol. The third-order valence-corrected chi connectivity index (χ3v) is 10.2. The fraction of sp³-hybridized carbons (Fsp3) is 0. The summed E-state index contributed by atoms with van der Waals surface area (Å²) >= 11 is 0. The Labute approximate surface area is 275 Å². The molecule has 0 unspecified atom stereocenters. The highest BCUT2D eigenvalue weighted by molar-refractivity contribution is 6.19. The SMILES string of the molecule is c1ccc(-n2c3ccc(-c4ccc5oc6ccccc6c5c4)cc3c3cc(-c4ncc5cccc6c5c4-c4ccccc4-6)ccc32)cc1. The van der Waals surface area contributed by atoms with Crippen molar-refractivity contribution in [3.05, 3.63) is 158 Å². The van der Waals surface area contributed by atoms with E-state index in [1.54, 1.807) is 0 Å². The largest absolute Gasteiger partial charge is 0.456 e. The molecule has 0 spiro atoms. The van der Waals surface area contributed by atoms with Gasteiger partial charge < -0.3 is 8.98 Å². The summed E-state index contributed by atoms with van der Waals surface area (Å²) in [4.78, 5) is 5.13. The molecule has 0 radical (unpaired) electrons. The highest BCUT2D eigenvalue weighted by Gasteiger charge is 2.25. The van der Waals surface area contributed by atoms with Gasteiger partial charge in [-0.1, -0.05) is 97.1 Å². The summed E-state index contributed by atoms with van der Waals surface area (Å²) in [5.74, 6) is 0. The van der Waals surface area contributed by atoms with Crippen LogP contribution in [0.4, 0.5) is 0 Å². The fourth-order valence-electron chi connectivity index (χ4n) is 8.03. The van der Waals surface area contributed by atoms with Crippen LogP contribution in [0.25, 0.3) is 105 Å². The van der Waals surface area contributed by atoms with E-state index in [1.165, 1.54) is 66.0 Å². The van der Waals surface area contributed by atoms with Crippen molar-refractivity contribution in [2.45, 2.75) is 0 Å². The number of furan rings is 1. The number of fused-ring (bicyclic) bond motifs is 9. The Morgan fingerprint density at radius 2 is 1.10 bits per heavy atom. The second-order valence-electron chi connectivity index (χ2n) is 12.7. The van der Waals surface area contributed by atoms with Gasteiger partial charge in [0.2, 0.25) is 0 Å². The molecule has 0 saturated heterocycles. The van der Waals surface area contributed by atoms with E-state index in [0.717, 1.165) is 38.9 Å². The van der Waals surface area contributed by atoms with Crippen LogP contribution in [0.15, 0.2) is 162 Å². The second-order valence-corrected chi connectivity index (χ2v) is 12.7. The number of nitrogens with zero attached hydrogens (tertiary/aromatic N) is 2. The van der Waals surface area contributed by atoms with Crippen molar-refractivity contribution in [2.24, 2.45) is 0 Å². The molecule has 0 atom stereocenters. The maximum Gasteiger partial charge on any atom is 0.135 e. The van der Waals surface area contributed by atoms with Crippen LogP contribution in [-0.2, 0) is 0 Å². The van der Waals surface area contributed by atoms with Crippen LogP contribution in [0.5, 0.6) is 0 Å². The van der Waals surface area contributed by atoms with Gasteiger partial charge in [-0.15, -0.1) is 0 Å². The van der Waals surface area contributed by atoms with Crippen LogP contribution >= 0.6 is 0 Å². The summed E-state index contributed by atoms with van der Waals surface area (Å²) in [5.41, 5.74) is 14.9.